The summed E-state index contributed by atoms with van der Waals surface area (Å²) in [5, 5.41) is 1.23. The predicted octanol–water partition coefficient (Wildman–Crippen LogP) is 4.92. The maximum absolute atomic E-state index is 12.1. The standard InChI is InChI=1S/C20H17Cl2NO2/c1-11-2-7-18(23-9-11)19-14(13-4-3-12(21)8-17(13)22)5-6-15-16(19)10-25-20(15)24/h2-9,14-16,19H,10H2,1H3/t14?,15?,16?,19-/m0/s1. The first-order chi connectivity index (χ1) is 12.0. The highest BCUT2D eigenvalue weighted by Gasteiger charge is 2.46. The molecule has 3 nitrogen and oxygen atoms in total. The zero-order chi connectivity index (χ0) is 17.6. The normalized spacial score (nSPS) is 27.9. The number of nitrogens with zero attached hydrogens (tertiary/aromatic N) is 1. The van der Waals surface area contributed by atoms with Gasteiger partial charge in [0.25, 0.3) is 0 Å². The Kier molecular flexibility index (Phi) is 4.30. The average Bonchev–Trinajstić information content (AvgIpc) is 2.97. The van der Waals surface area contributed by atoms with Gasteiger partial charge in [-0.05, 0) is 36.2 Å². The van der Waals surface area contributed by atoms with Crippen molar-refractivity contribution in [2.45, 2.75) is 18.8 Å². The van der Waals surface area contributed by atoms with Crippen molar-refractivity contribution < 1.29 is 9.53 Å². The Labute approximate surface area is 156 Å². The van der Waals surface area contributed by atoms with E-state index in [1.54, 1.807) is 6.07 Å². The molecule has 1 fully saturated rings. The first-order valence-corrected chi connectivity index (χ1v) is 9.02. The maximum Gasteiger partial charge on any atom is 0.313 e. The molecule has 4 atom stereocenters. The molecule has 2 aromatic rings. The molecular weight excluding hydrogens is 357 g/mol. The molecule has 4 rings (SSSR count). The van der Waals surface area contributed by atoms with E-state index >= 15 is 0 Å². The minimum Gasteiger partial charge on any atom is -0.465 e. The van der Waals surface area contributed by atoms with E-state index < -0.39 is 0 Å². The summed E-state index contributed by atoms with van der Waals surface area (Å²) in [4.78, 5) is 16.7. The lowest BCUT2D eigenvalue weighted by Gasteiger charge is -2.34. The van der Waals surface area contributed by atoms with Gasteiger partial charge in [0.15, 0.2) is 0 Å². The molecule has 0 bridgehead atoms. The molecule has 0 saturated carbocycles. The van der Waals surface area contributed by atoms with E-state index in [0.717, 1.165) is 16.8 Å². The van der Waals surface area contributed by atoms with Gasteiger partial charge < -0.3 is 4.74 Å². The lowest BCUT2D eigenvalue weighted by molar-refractivity contribution is -0.140. The molecule has 0 radical (unpaired) electrons. The molecule has 128 valence electrons. The average molecular weight is 374 g/mol. The van der Waals surface area contributed by atoms with Crippen LogP contribution in [0.15, 0.2) is 48.7 Å². The van der Waals surface area contributed by atoms with Crippen LogP contribution in [0.1, 0.15) is 28.7 Å². The molecule has 0 N–H and O–H groups in total. The topological polar surface area (TPSA) is 39.2 Å². The third-order valence-electron chi connectivity index (χ3n) is 5.12. The van der Waals surface area contributed by atoms with Gasteiger partial charge in [-0.2, -0.15) is 0 Å². The zero-order valence-electron chi connectivity index (χ0n) is 13.7. The Hall–Kier alpha value is -1.84. The molecule has 5 heteroatoms. The van der Waals surface area contributed by atoms with E-state index in [0.29, 0.717) is 16.7 Å². The molecule has 1 aliphatic heterocycles. The number of carbonyl (C=O) groups excluding carboxylic acids is 1. The van der Waals surface area contributed by atoms with Crippen LogP contribution in [0.4, 0.5) is 0 Å². The monoisotopic (exact) mass is 373 g/mol. The second kappa shape index (κ2) is 6.47. The second-order valence-electron chi connectivity index (χ2n) is 6.68. The Balaban J connectivity index is 1.83. The van der Waals surface area contributed by atoms with Crippen molar-refractivity contribution in [3.05, 3.63) is 75.5 Å². The van der Waals surface area contributed by atoms with Gasteiger partial charge in [-0.15, -0.1) is 0 Å². The highest BCUT2D eigenvalue weighted by Crippen LogP contribution is 2.49. The quantitative estimate of drug-likeness (QED) is 0.553. The van der Waals surface area contributed by atoms with Crippen molar-refractivity contribution in [1.29, 1.82) is 0 Å². The van der Waals surface area contributed by atoms with Gasteiger partial charge in [-0.1, -0.05) is 47.5 Å². The van der Waals surface area contributed by atoms with E-state index in [4.69, 9.17) is 27.9 Å². The van der Waals surface area contributed by atoms with Gasteiger partial charge in [0.2, 0.25) is 0 Å². The van der Waals surface area contributed by atoms with Crippen molar-refractivity contribution in [3.8, 4) is 0 Å². The lowest BCUT2D eigenvalue weighted by Crippen LogP contribution is -2.30. The zero-order valence-corrected chi connectivity index (χ0v) is 15.2. The van der Waals surface area contributed by atoms with Crippen molar-refractivity contribution in [1.82, 2.24) is 4.98 Å². The fourth-order valence-corrected chi connectivity index (χ4v) is 4.41. The number of aromatic nitrogens is 1. The number of ether oxygens (including phenoxy) is 1. The summed E-state index contributed by atoms with van der Waals surface area (Å²) in [5.41, 5.74) is 3.05. The third-order valence-corrected chi connectivity index (χ3v) is 5.69. The highest BCUT2D eigenvalue weighted by atomic mass is 35.5. The fraction of sp³-hybridized carbons (Fsp3) is 0.300. The Bertz CT molecular complexity index is 847. The summed E-state index contributed by atoms with van der Waals surface area (Å²) in [6.07, 6.45) is 5.89. The Morgan fingerprint density at radius 2 is 1.92 bits per heavy atom. The van der Waals surface area contributed by atoms with E-state index in [-0.39, 0.29) is 29.6 Å². The van der Waals surface area contributed by atoms with Gasteiger partial charge in [-0.25, -0.2) is 0 Å². The largest absolute Gasteiger partial charge is 0.465 e. The first-order valence-electron chi connectivity index (χ1n) is 8.27. The van der Waals surface area contributed by atoms with Gasteiger partial charge in [-0.3, -0.25) is 9.78 Å². The fourth-order valence-electron chi connectivity index (χ4n) is 3.88. The number of carbonyl (C=O) groups is 1. The minimum atomic E-state index is -0.213. The summed E-state index contributed by atoms with van der Waals surface area (Å²) in [7, 11) is 0. The molecule has 2 aliphatic rings. The molecule has 25 heavy (non-hydrogen) atoms. The number of halogens is 2. The number of hydrogen-bond acceptors (Lipinski definition) is 3. The molecule has 1 saturated heterocycles. The van der Waals surface area contributed by atoms with Gasteiger partial charge in [0.1, 0.15) is 0 Å². The molecule has 3 unspecified atom stereocenters. The minimum absolute atomic E-state index is 0.0238. The number of allylic oxidation sites excluding steroid dienone is 1. The smallest absolute Gasteiger partial charge is 0.313 e. The van der Waals surface area contributed by atoms with Crippen LogP contribution in [0.25, 0.3) is 0 Å². The van der Waals surface area contributed by atoms with Crippen LogP contribution in [0.3, 0.4) is 0 Å². The number of fused-ring (bicyclic) bond motifs is 1. The van der Waals surface area contributed by atoms with Gasteiger partial charge in [0, 0.05) is 39.7 Å². The van der Waals surface area contributed by atoms with Gasteiger partial charge >= 0.3 is 5.97 Å². The van der Waals surface area contributed by atoms with E-state index in [9.17, 15) is 4.79 Å². The van der Waals surface area contributed by atoms with Crippen LogP contribution in [0, 0.1) is 18.8 Å². The van der Waals surface area contributed by atoms with Crippen LogP contribution in [0.2, 0.25) is 10.0 Å². The lowest BCUT2D eigenvalue weighted by atomic mass is 9.68. The molecule has 0 amide bonds. The van der Waals surface area contributed by atoms with Crippen LogP contribution in [-0.4, -0.2) is 17.6 Å². The maximum atomic E-state index is 12.1. The van der Waals surface area contributed by atoms with Crippen molar-refractivity contribution in [3.63, 3.8) is 0 Å². The summed E-state index contributed by atoms with van der Waals surface area (Å²) < 4.78 is 5.34. The molecule has 1 aliphatic carbocycles. The van der Waals surface area contributed by atoms with Crippen LogP contribution >= 0.6 is 23.2 Å². The van der Waals surface area contributed by atoms with Gasteiger partial charge in [0.05, 0.1) is 12.5 Å². The van der Waals surface area contributed by atoms with E-state index in [1.807, 2.05) is 43.5 Å². The van der Waals surface area contributed by atoms with Crippen molar-refractivity contribution >= 4 is 29.2 Å². The number of pyridine rings is 1. The summed E-state index contributed by atoms with van der Waals surface area (Å²) in [6.45, 7) is 2.42. The molecule has 1 aromatic carbocycles. The molecule has 2 heterocycles. The molecule has 1 aromatic heterocycles. The third kappa shape index (κ3) is 2.96. The molecular formula is C20H17Cl2NO2. The van der Waals surface area contributed by atoms with Crippen LogP contribution in [-0.2, 0) is 9.53 Å². The number of rotatable bonds is 2. The summed E-state index contributed by atoms with van der Waals surface area (Å²) >= 11 is 12.5. The van der Waals surface area contributed by atoms with E-state index in [2.05, 4.69) is 11.1 Å². The summed E-state index contributed by atoms with van der Waals surface area (Å²) in [6, 6.07) is 9.65. The molecule has 0 spiro atoms. The Morgan fingerprint density at radius 3 is 2.64 bits per heavy atom. The first kappa shape index (κ1) is 16.6. The number of benzene rings is 1. The second-order valence-corrected chi connectivity index (χ2v) is 7.53. The van der Waals surface area contributed by atoms with Crippen LogP contribution in [0.5, 0.6) is 0 Å². The predicted molar refractivity (Wildman–Crippen MR) is 98.0 cm³/mol. The van der Waals surface area contributed by atoms with Crippen molar-refractivity contribution in [2.24, 2.45) is 11.8 Å². The van der Waals surface area contributed by atoms with Crippen molar-refractivity contribution in [2.75, 3.05) is 6.61 Å². The van der Waals surface area contributed by atoms with E-state index in [1.165, 1.54) is 0 Å². The van der Waals surface area contributed by atoms with Crippen LogP contribution < -0.4 is 0 Å². The number of hydrogen-bond donors (Lipinski definition) is 0. The SMILES string of the molecule is Cc1ccc([C@H]2C(c3ccc(Cl)cc3Cl)C=CC3C(=O)OCC32)nc1. The summed E-state index contributed by atoms with van der Waals surface area (Å²) in [5.74, 6) is -0.254. The number of aryl methyl sites for hydroxylation is 1. The number of cyclic esters (lactones) is 1. The number of esters is 1. The highest BCUT2D eigenvalue weighted by molar-refractivity contribution is 6.35. The Morgan fingerprint density at radius 1 is 1.12 bits per heavy atom.